The van der Waals surface area contributed by atoms with E-state index in [4.69, 9.17) is 10.5 Å². The molecule has 2 nitrogen and oxygen atoms in total. The Morgan fingerprint density at radius 3 is 1.94 bits per heavy atom. The van der Waals surface area contributed by atoms with Crippen LogP contribution in [-0.2, 0) is 6.54 Å². The molecule has 0 fully saturated rings. The van der Waals surface area contributed by atoms with Crippen LogP contribution in [0.25, 0.3) is 0 Å². The van der Waals surface area contributed by atoms with Crippen molar-refractivity contribution in [2.24, 2.45) is 5.73 Å². The molecular weight excluding hydrogens is 238 g/mol. The van der Waals surface area contributed by atoms with Gasteiger partial charge in [0.25, 0.3) is 0 Å². The lowest BCUT2D eigenvalue weighted by Crippen LogP contribution is -2.11. The van der Waals surface area contributed by atoms with Gasteiger partial charge in [-0.25, -0.2) is 8.78 Å². The van der Waals surface area contributed by atoms with Crippen LogP contribution in [0.15, 0.2) is 0 Å². The monoisotopic (exact) mass is 251 g/mol. The maximum absolute atomic E-state index is 13.4. The summed E-state index contributed by atoms with van der Waals surface area (Å²) < 4.78 is 58.0. The van der Waals surface area contributed by atoms with Gasteiger partial charge in [0.2, 0.25) is 11.6 Å². The van der Waals surface area contributed by atoms with Gasteiger partial charge in [0.05, 0.1) is 6.61 Å². The first-order valence-electron chi connectivity index (χ1n) is 5.22. The number of rotatable bonds is 5. The Morgan fingerprint density at radius 1 is 1.00 bits per heavy atom. The Kier molecular flexibility index (Phi) is 4.74. The highest BCUT2D eigenvalue weighted by molar-refractivity contribution is 5.34. The largest absolute Gasteiger partial charge is 0.487 e. The molecule has 0 heterocycles. The fourth-order valence-corrected chi connectivity index (χ4v) is 1.28. The molecule has 0 unspecified atom stereocenters. The van der Waals surface area contributed by atoms with Crippen LogP contribution in [0.2, 0.25) is 0 Å². The quantitative estimate of drug-likeness (QED) is 0.496. The molecular formula is C11H13F4NO. The molecule has 0 aromatic heterocycles. The fourth-order valence-electron chi connectivity index (χ4n) is 1.28. The molecule has 0 saturated carbocycles. The van der Waals surface area contributed by atoms with Gasteiger partial charge in [0, 0.05) is 12.1 Å². The van der Waals surface area contributed by atoms with Crippen molar-refractivity contribution < 1.29 is 22.3 Å². The highest BCUT2D eigenvalue weighted by Gasteiger charge is 2.25. The SMILES string of the molecule is CCCCOc1c(F)c(F)c(CN)c(F)c1F. The third-order valence-corrected chi connectivity index (χ3v) is 2.26. The highest BCUT2D eigenvalue weighted by atomic mass is 19.2. The number of halogens is 4. The van der Waals surface area contributed by atoms with Crippen LogP contribution in [0.5, 0.6) is 5.75 Å². The number of hydrogen-bond acceptors (Lipinski definition) is 2. The summed E-state index contributed by atoms with van der Waals surface area (Å²) in [6.45, 7) is 1.21. The van der Waals surface area contributed by atoms with Crippen molar-refractivity contribution in [1.29, 1.82) is 0 Å². The summed E-state index contributed by atoms with van der Waals surface area (Å²) in [5.41, 5.74) is 4.19. The molecule has 6 heteroatoms. The van der Waals surface area contributed by atoms with Crippen molar-refractivity contribution in [3.05, 3.63) is 28.8 Å². The second-order valence-electron chi connectivity index (χ2n) is 3.47. The minimum absolute atomic E-state index is 0.00874. The van der Waals surface area contributed by atoms with Gasteiger partial charge in [-0.1, -0.05) is 13.3 Å². The number of unbranched alkanes of at least 4 members (excludes halogenated alkanes) is 1. The molecule has 1 rings (SSSR count). The van der Waals surface area contributed by atoms with E-state index in [1.54, 1.807) is 0 Å². The Bertz CT molecular complexity index is 380. The van der Waals surface area contributed by atoms with Crippen molar-refractivity contribution in [2.75, 3.05) is 6.61 Å². The molecule has 0 bridgehead atoms. The Morgan fingerprint density at radius 2 is 1.53 bits per heavy atom. The van der Waals surface area contributed by atoms with Crippen molar-refractivity contribution in [3.8, 4) is 5.75 Å². The molecule has 1 aromatic carbocycles. The summed E-state index contributed by atoms with van der Waals surface area (Å²) >= 11 is 0. The summed E-state index contributed by atoms with van der Waals surface area (Å²) in [5.74, 6) is -7.11. The summed E-state index contributed by atoms with van der Waals surface area (Å²) in [6, 6.07) is 0. The zero-order valence-electron chi connectivity index (χ0n) is 9.33. The summed E-state index contributed by atoms with van der Waals surface area (Å²) in [7, 11) is 0. The molecule has 0 saturated heterocycles. The normalized spacial score (nSPS) is 10.7. The zero-order chi connectivity index (χ0) is 13.0. The van der Waals surface area contributed by atoms with Crippen LogP contribution in [0, 0.1) is 23.3 Å². The second-order valence-corrected chi connectivity index (χ2v) is 3.47. The van der Waals surface area contributed by atoms with Crippen LogP contribution in [0.1, 0.15) is 25.3 Å². The Hall–Kier alpha value is -1.30. The van der Waals surface area contributed by atoms with E-state index in [2.05, 4.69) is 0 Å². The number of benzene rings is 1. The summed E-state index contributed by atoms with van der Waals surface area (Å²) in [5, 5.41) is 0. The predicted molar refractivity (Wildman–Crippen MR) is 54.6 cm³/mol. The van der Waals surface area contributed by atoms with E-state index >= 15 is 0 Å². The number of nitrogens with two attached hydrogens (primary N) is 1. The number of ether oxygens (including phenoxy) is 1. The van der Waals surface area contributed by atoms with Crippen LogP contribution in [0.4, 0.5) is 17.6 Å². The third kappa shape index (κ3) is 2.69. The van der Waals surface area contributed by atoms with Gasteiger partial charge in [-0.2, -0.15) is 8.78 Å². The molecule has 0 radical (unpaired) electrons. The third-order valence-electron chi connectivity index (χ3n) is 2.26. The van der Waals surface area contributed by atoms with Gasteiger partial charge in [-0.05, 0) is 6.42 Å². The van der Waals surface area contributed by atoms with E-state index in [1.165, 1.54) is 0 Å². The highest BCUT2D eigenvalue weighted by Crippen LogP contribution is 2.29. The minimum atomic E-state index is -1.54. The maximum atomic E-state index is 13.4. The van der Waals surface area contributed by atoms with Gasteiger partial charge >= 0.3 is 0 Å². The summed E-state index contributed by atoms with van der Waals surface area (Å²) in [4.78, 5) is 0. The van der Waals surface area contributed by atoms with E-state index in [9.17, 15) is 17.6 Å². The van der Waals surface area contributed by atoms with E-state index in [1.807, 2.05) is 6.92 Å². The molecule has 96 valence electrons. The topological polar surface area (TPSA) is 35.2 Å². The van der Waals surface area contributed by atoms with Crippen molar-refractivity contribution in [3.63, 3.8) is 0 Å². The van der Waals surface area contributed by atoms with E-state index in [0.717, 1.165) is 6.42 Å². The summed E-state index contributed by atoms with van der Waals surface area (Å²) in [6.07, 6.45) is 1.26. The lowest BCUT2D eigenvalue weighted by molar-refractivity contribution is 0.265. The Balaban J connectivity index is 3.13. The Labute approximate surface area is 96.4 Å². The van der Waals surface area contributed by atoms with Crippen molar-refractivity contribution in [1.82, 2.24) is 0 Å². The minimum Gasteiger partial charge on any atom is -0.487 e. The van der Waals surface area contributed by atoms with Crippen LogP contribution in [-0.4, -0.2) is 6.61 Å². The molecule has 0 spiro atoms. The van der Waals surface area contributed by atoms with Gasteiger partial charge in [0.15, 0.2) is 17.4 Å². The molecule has 0 aliphatic heterocycles. The van der Waals surface area contributed by atoms with Crippen LogP contribution < -0.4 is 10.5 Å². The van der Waals surface area contributed by atoms with Gasteiger partial charge in [0.1, 0.15) is 0 Å². The lowest BCUT2D eigenvalue weighted by atomic mass is 10.1. The van der Waals surface area contributed by atoms with E-state index < -0.39 is 41.1 Å². The first-order valence-corrected chi connectivity index (χ1v) is 5.22. The molecule has 2 N–H and O–H groups in total. The number of hydrogen-bond donors (Lipinski definition) is 1. The van der Waals surface area contributed by atoms with Gasteiger partial charge < -0.3 is 10.5 Å². The molecule has 0 amide bonds. The molecule has 1 aromatic rings. The average molecular weight is 251 g/mol. The molecule has 17 heavy (non-hydrogen) atoms. The van der Waals surface area contributed by atoms with Crippen molar-refractivity contribution >= 4 is 0 Å². The zero-order valence-corrected chi connectivity index (χ0v) is 9.33. The molecule has 0 aliphatic carbocycles. The standard InChI is InChI=1S/C11H13F4NO/c1-2-3-4-17-11-9(14)7(12)6(5-16)8(13)10(11)15/h2-5,16H2,1H3. The van der Waals surface area contributed by atoms with Crippen molar-refractivity contribution in [2.45, 2.75) is 26.3 Å². The lowest BCUT2D eigenvalue weighted by Gasteiger charge is -2.11. The van der Waals surface area contributed by atoms with E-state index in [-0.39, 0.29) is 6.61 Å². The first-order chi connectivity index (χ1) is 8.04. The van der Waals surface area contributed by atoms with Crippen LogP contribution >= 0.6 is 0 Å². The fraction of sp³-hybridized carbons (Fsp3) is 0.455. The van der Waals surface area contributed by atoms with Gasteiger partial charge in [-0.15, -0.1) is 0 Å². The maximum Gasteiger partial charge on any atom is 0.204 e. The molecule has 0 atom stereocenters. The molecule has 0 aliphatic rings. The average Bonchev–Trinajstić information content (AvgIpc) is 2.32. The van der Waals surface area contributed by atoms with E-state index in [0.29, 0.717) is 6.42 Å². The second kappa shape index (κ2) is 5.86. The predicted octanol–water partition coefficient (Wildman–Crippen LogP) is 2.88. The first kappa shape index (κ1) is 13.8. The van der Waals surface area contributed by atoms with Gasteiger partial charge in [-0.3, -0.25) is 0 Å². The van der Waals surface area contributed by atoms with Crippen LogP contribution in [0.3, 0.4) is 0 Å². The smallest absolute Gasteiger partial charge is 0.204 e.